The molecule has 0 spiro atoms. The Bertz CT molecular complexity index is 1410. The first-order valence-corrected chi connectivity index (χ1v) is 13.2. The third kappa shape index (κ3) is 4.64. The van der Waals surface area contributed by atoms with Crippen molar-refractivity contribution in [3.05, 3.63) is 95.3 Å². The summed E-state index contributed by atoms with van der Waals surface area (Å²) in [5.74, 6) is -1.53. The molecule has 0 aliphatic carbocycles. The number of carbonyl (C=O) groups is 2. The van der Waals surface area contributed by atoms with E-state index in [0.29, 0.717) is 18.5 Å². The van der Waals surface area contributed by atoms with Gasteiger partial charge < -0.3 is 9.64 Å². The lowest BCUT2D eigenvalue weighted by Crippen LogP contribution is -2.41. The normalized spacial score (nSPS) is 17.4. The van der Waals surface area contributed by atoms with Crippen molar-refractivity contribution in [3.63, 3.8) is 0 Å². The number of halogens is 1. The van der Waals surface area contributed by atoms with E-state index in [0.717, 1.165) is 35.4 Å². The Morgan fingerprint density at radius 1 is 0.889 bits per heavy atom. The van der Waals surface area contributed by atoms with Gasteiger partial charge in [-0.1, -0.05) is 42.5 Å². The van der Waals surface area contributed by atoms with Gasteiger partial charge in [0.25, 0.3) is 5.91 Å². The summed E-state index contributed by atoms with van der Waals surface area (Å²) < 4.78 is 46.9. The third-order valence-corrected chi connectivity index (χ3v) is 8.61. The molecular formula is C27H25FN2O5S. The molecule has 0 fully saturated rings. The van der Waals surface area contributed by atoms with E-state index in [-0.39, 0.29) is 23.8 Å². The van der Waals surface area contributed by atoms with Gasteiger partial charge in [0, 0.05) is 18.8 Å². The summed E-state index contributed by atoms with van der Waals surface area (Å²) in [5, 5.41) is 0. The Morgan fingerprint density at radius 2 is 1.56 bits per heavy atom. The van der Waals surface area contributed by atoms with Crippen molar-refractivity contribution in [3.8, 4) is 0 Å². The topological polar surface area (TPSA) is 84.0 Å². The highest BCUT2D eigenvalue weighted by Gasteiger charge is 2.38. The van der Waals surface area contributed by atoms with Gasteiger partial charge in [-0.15, -0.1) is 0 Å². The number of fused-ring (bicyclic) bond motifs is 2. The number of amides is 1. The molecule has 1 unspecified atom stereocenters. The number of nitrogens with zero attached hydrogens (tertiary/aromatic N) is 2. The van der Waals surface area contributed by atoms with Crippen LogP contribution in [0.4, 0.5) is 10.1 Å². The molecule has 36 heavy (non-hydrogen) atoms. The SMILES string of the molecule is O=C(CC1c2ccccc2CCN1S(=O)(=O)c1ccc(F)cc1)OCC(=O)N1CCc2ccccc21. The van der Waals surface area contributed by atoms with Crippen molar-refractivity contribution in [2.24, 2.45) is 0 Å². The maximum Gasteiger partial charge on any atom is 0.308 e. The second-order valence-corrected chi connectivity index (χ2v) is 10.7. The number of benzene rings is 3. The average Bonchev–Trinajstić information content (AvgIpc) is 3.32. The summed E-state index contributed by atoms with van der Waals surface area (Å²) in [6.45, 7) is 0.264. The highest BCUT2D eigenvalue weighted by molar-refractivity contribution is 7.89. The van der Waals surface area contributed by atoms with E-state index in [1.165, 1.54) is 16.4 Å². The second-order valence-electron chi connectivity index (χ2n) is 8.82. The maximum atomic E-state index is 13.4. The van der Waals surface area contributed by atoms with Crippen LogP contribution in [0.1, 0.15) is 29.2 Å². The fourth-order valence-corrected chi connectivity index (χ4v) is 6.51. The summed E-state index contributed by atoms with van der Waals surface area (Å²) in [6, 6.07) is 18.8. The number of hydrogen-bond acceptors (Lipinski definition) is 5. The van der Waals surface area contributed by atoms with Crippen molar-refractivity contribution < 1.29 is 27.1 Å². The van der Waals surface area contributed by atoms with Crippen LogP contribution in [0.15, 0.2) is 77.7 Å². The van der Waals surface area contributed by atoms with E-state index in [4.69, 9.17) is 4.74 Å². The molecule has 0 saturated heterocycles. The zero-order valence-electron chi connectivity index (χ0n) is 19.5. The first kappa shape index (κ1) is 24.1. The van der Waals surface area contributed by atoms with Gasteiger partial charge in [-0.25, -0.2) is 12.8 Å². The molecule has 7 nitrogen and oxygen atoms in total. The summed E-state index contributed by atoms with van der Waals surface area (Å²) in [7, 11) is -4.01. The highest BCUT2D eigenvalue weighted by Crippen LogP contribution is 2.36. The van der Waals surface area contributed by atoms with Gasteiger partial charge in [0.05, 0.1) is 17.4 Å². The third-order valence-electron chi connectivity index (χ3n) is 6.69. The number of para-hydroxylation sites is 1. The van der Waals surface area contributed by atoms with Crippen LogP contribution in [-0.4, -0.2) is 44.3 Å². The van der Waals surface area contributed by atoms with Crippen LogP contribution in [0.3, 0.4) is 0 Å². The Labute approximate surface area is 209 Å². The van der Waals surface area contributed by atoms with Gasteiger partial charge >= 0.3 is 5.97 Å². The van der Waals surface area contributed by atoms with Crippen LogP contribution < -0.4 is 4.90 Å². The van der Waals surface area contributed by atoms with Gasteiger partial charge in [-0.2, -0.15) is 4.31 Å². The molecule has 0 N–H and O–H groups in total. The van der Waals surface area contributed by atoms with Crippen molar-refractivity contribution in [2.45, 2.75) is 30.2 Å². The average molecular weight is 509 g/mol. The molecular weight excluding hydrogens is 483 g/mol. The standard InChI is InChI=1S/C27H25FN2O5S/c28-21-9-11-22(12-10-21)36(33,34)30-16-14-19-5-1-3-7-23(19)25(30)17-27(32)35-18-26(31)29-15-13-20-6-2-4-8-24(20)29/h1-12,25H,13-18H2. The van der Waals surface area contributed by atoms with Crippen molar-refractivity contribution in [1.82, 2.24) is 4.31 Å². The zero-order valence-corrected chi connectivity index (χ0v) is 20.3. The Kier molecular flexibility index (Phi) is 6.59. The summed E-state index contributed by atoms with van der Waals surface area (Å²) in [5.41, 5.74) is 3.55. The molecule has 1 atom stereocenters. The van der Waals surface area contributed by atoms with E-state index in [1.807, 2.05) is 36.4 Å². The minimum absolute atomic E-state index is 0.0514. The fourth-order valence-electron chi connectivity index (χ4n) is 4.90. The van der Waals surface area contributed by atoms with Crippen LogP contribution in [0.2, 0.25) is 0 Å². The van der Waals surface area contributed by atoms with Crippen LogP contribution in [0.5, 0.6) is 0 Å². The Balaban J connectivity index is 1.33. The Morgan fingerprint density at radius 3 is 2.33 bits per heavy atom. The van der Waals surface area contributed by atoms with Crippen LogP contribution in [0.25, 0.3) is 0 Å². The second kappa shape index (κ2) is 9.83. The monoisotopic (exact) mass is 508 g/mol. The molecule has 9 heteroatoms. The quantitative estimate of drug-likeness (QED) is 0.475. The van der Waals surface area contributed by atoms with E-state index in [2.05, 4.69) is 0 Å². The number of rotatable bonds is 6. The molecule has 0 aromatic heterocycles. The highest BCUT2D eigenvalue weighted by atomic mass is 32.2. The molecule has 2 heterocycles. The molecule has 0 bridgehead atoms. The lowest BCUT2D eigenvalue weighted by atomic mass is 9.92. The molecule has 0 saturated carbocycles. The number of carbonyl (C=O) groups excluding carboxylic acids is 2. The summed E-state index contributed by atoms with van der Waals surface area (Å²) in [4.78, 5) is 27.2. The maximum absolute atomic E-state index is 13.4. The van der Waals surface area contributed by atoms with E-state index in [9.17, 15) is 22.4 Å². The lowest BCUT2D eigenvalue weighted by molar-refractivity contribution is -0.148. The number of ether oxygens (including phenoxy) is 1. The molecule has 3 aromatic carbocycles. The predicted octanol–water partition coefficient (Wildman–Crippen LogP) is 3.64. The van der Waals surface area contributed by atoms with Gasteiger partial charge in [0.15, 0.2) is 6.61 Å². The van der Waals surface area contributed by atoms with E-state index >= 15 is 0 Å². The van der Waals surface area contributed by atoms with Gasteiger partial charge in [-0.05, 0) is 59.9 Å². The predicted molar refractivity (Wildman–Crippen MR) is 131 cm³/mol. The number of hydrogen-bond donors (Lipinski definition) is 0. The number of anilines is 1. The van der Waals surface area contributed by atoms with Crippen LogP contribution in [-0.2, 0) is 37.2 Å². The van der Waals surface area contributed by atoms with Crippen molar-refractivity contribution in [1.29, 1.82) is 0 Å². The molecule has 2 aliphatic heterocycles. The van der Waals surface area contributed by atoms with Gasteiger partial charge in [-0.3, -0.25) is 9.59 Å². The smallest absolute Gasteiger partial charge is 0.308 e. The number of sulfonamides is 1. The largest absolute Gasteiger partial charge is 0.455 e. The van der Waals surface area contributed by atoms with Crippen molar-refractivity contribution in [2.75, 3.05) is 24.6 Å². The van der Waals surface area contributed by atoms with Crippen LogP contribution in [0, 0.1) is 5.82 Å². The molecule has 0 radical (unpaired) electrons. The van der Waals surface area contributed by atoms with Crippen LogP contribution >= 0.6 is 0 Å². The molecule has 2 aliphatic rings. The molecule has 186 valence electrons. The Hall–Kier alpha value is -3.56. The van der Waals surface area contributed by atoms with Gasteiger partial charge in [0.1, 0.15) is 5.82 Å². The molecule has 1 amide bonds. The first-order valence-electron chi connectivity index (χ1n) is 11.7. The van der Waals surface area contributed by atoms with E-state index < -0.39 is 34.5 Å². The summed E-state index contributed by atoms with van der Waals surface area (Å²) >= 11 is 0. The lowest BCUT2D eigenvalue weighted by Gasteiger charge is -2.36. The minimum Gasteiger partial charge on any atom is -0.455 e. The minimum atomic E-state index is -4.01. The zero-order chi connectivity index (χ0) is 25.3. The fraction of sp³-hybridized carbons (Fsp3) is 0.259. The van der Waals surface area contributed by atoms with Gasteiger partial charge in [0.2, 0.25) is 10.0 Å². The first-order chi connectivity index (χ1) is 17.3. The molecule has 5 rings (SSSR count). The number of esters is 1. The van der Waals surface area contributed by atoms with Crippen molar-refractivity contribution >= 4 is 27.6 Å². The molecule has 3 aromatic rings. The summed E-state index contributed by atoms with van der Waals surface area (Å²) in [6.07, 6.45) is 0.973. The van der Waals surface area contributed by atoms with E-state index in [1.54, 1.807) is 17.0 Å².